The molecule has 156 valence electrons. The van der Waals surface area contributed by atoms with Crippen LogP contribution in [0.25, 0.3) is 0 Å². The maximum atomic E-state index is 11.1. The predicted octanol–water partition coefficient (Wildman–Crippen LogP) is 3.64. The van der Waals surface area contributed by atoms with Crippen molar-refractivity contribution in [3.05, 3.63) is 59.7 Å². The second-order valence-corrected chi connectivity index (χ2v) is 7.77. The molecule has 5 heteroatoms. The summed E-state index contributed by atoms with van der Waals surface area (Å²) in [7, 11) is 0. The van der Waals surface area contributed by atoms with Crippen LogP contribution in [-0.2, 0) is 11.2 Å². The van der Waals surface area contributed by atoms with Crippen LogP contribution in [0.15, 0.2) is 48.5 Å². The number of rotatable bonds is 11. The van der Waals surface area contributed by atoms with Crippen molar-refractivity contribution in [2.45, 2.75) is 32.6 Å². The summed E-state index contributed by atoms with van der Waals surface area (Å²) >= 11 is 0. The predicted molar refractivity (Wildman–Crippen MR) is 115 cm³/mol. The molecule has 0 saturated carbocycles. The molecule has 1 atom stereocenters. The van der Waals surface area contributed by atoms with E-state index in [-0.39, 0.29) is 11.8 Å². The lowest BCUT2D eigenvalue weighted by Crippen LogP contribution is -2.25. The molecule has 1 unspecified atom stereocenters. The Bertz CT molecular complexity index is 770. The van der Waals surface area contributed by atoms with E-state index in [1.807, 2.05) is 25.1 Å². The van der Waals surface area contributed by atoms with Gasteiger partial charge in [0.05, 0.1) is 6.61 Å². The van der Waals surface area contributed by atoms with Gasteiger partial charge >= 0.3 is 0 Å². The van der Waals surface area contributed by atoms with Crippen molar-refractivity contribution >= 4 is 5.91 Å². The number of para-hydroxylation sites is 1. The third kappa shape index (κ3) is 6.79. The zero-order valence-corrected chi connectivity index (χ0v) is 17.3. The van der Waals surface area contributed by atoms with Crippen molar-refractivity contribution in [1.29, 1.82) is 0 Å². The van der Waals surface area contributed by atoms with E-state index < -0.39 is 0 Å². The van der Waals surface area contributed by atoms with Gasteiger partial charge in [-0.2, -0.15) is 0 Å². The minimum atomic E-state index is -0.287. The summed E-state index contributed by atoms with van der Waals surface area (Å²) in [5, 5.41) is 0. The largest absolute Gasteiger partial charge is 0.494 e. The van der Waals surface area contributed by atoms with Gasteiger partial charge in [-0.15, -0.1) is 0 Å². The van der Waals surface area contributed by atoms with Gasteiger partial charge in [-0.1, -0.05) is 37.3 Å². The Balaban J connectivity index is 1.49. The Labute approximate surface area is 173 Å². The molecule has 0 spiro atoms. The number of hydrogen-bond acceptors (Lipinski definition) is 4. The number of benzene rings is 2. The van der Waals surface area contributed by atoms with Gasteiger partial charge in [-0.3, -0.25) is 9.69 Å². The van der Waals surface area contributed by atoms with Gasteiger partial charge in [0, 0.05) is 18.9 Å². The fraction of sp³-hybridized carbons (Fsp3) is 0.458. The second kappa shape index (κ2) is 10.9. The molecule has 1 aliphatic rings. The fourth-order valence-electron chi connectivity index (χ4n) is 3.50. The van der Waals surface area contributed by atoms with E-state index in [4.69, 9.17) is 15.2 Å². The summed E-state index contributed by atoms with van der Waals surface area (Å²) in [6.45, 7) is 6.42. The second-order valence-electron chi connectivity index (χ2n) is 7.77. The summed E-state index contributed by atoms with van der Waals surface area (Å²) in [5.41, 5.74) is 7.68. The first kappa shape index (κ1) is 21.2. The molecular formula is C24H32N2O3. The lowest BCUT2D eigenvalue weighted by Gasteiger charge is -2.16. The fourth-order valence-corrected chi connectivity index (χ4v) is 3.50. The van der Waals surface area contributed by atoms with Crippen molar-refractivity contribution < 1.29 is 14.3 Å². The number of primary amides is 1. The number of carbonyl (C=O) groups excluding carboxylic acids is 1. The molecule has 5 nitrogen and oxygen atoms in total. The van der Waals surface area contributed by atoms with Crippen LogP contribution in [0, 0.1) is 5.92 Å². The van der Waals surface area contributed by atoms with Crippen molar-refractivity contribution in [1.82, 2.24) is 4.90 Å². The monoisotopic (exact) mass is 396 g/mol. The Morgan fingerprint density at radius 1 is 1.03 bits per heavy atom. The highest BCUT2D eigenvalue weighted by molar-refractivity contribution is 5.76. The zero-order valence-electron chi connectivity index (χ0n) is 17.3. The summed E-state index contributed by atoms with van der Waals surface area (Å²) < 4.78 is 11.8. The lowest BCUT2D eigenvalue weighted by molar-refractivity contribution is -0.121. The van der Waals surface area contributed by atoms with Crippen LogP contribution in [0.1, 0.15) is 37.3 Å². The number of ether oxygens (including phenoxy) is 2. The van der Waals surface area contributed by atoms with Gasteiger partial charge in [0.25, 0.3) is 0 Å². The van der Waals surface area contributed by atoms with Gasteiger partial charge in [0.15, 0.2) is 0 Å². The van der Waals surface area contributed by atoms with Gasteiger partial charge < -0.3 is 15.2 Å². The zero-order chi connectivity index (χ0) is 20.5. The van der Waals surface area contributed by atoms with E-state index in [0.717, 1.165) is 31.1 Å². The van der Waals surface area contributed by atoms with E-state index in [1.54, 1.807) is 0 Å². The maximum absolute atomic E-state index is 11.1. The lowest BCUT2D eigenvalue weighted by atomic mass is 10.0. The average Bonchev–Trinajstić information content (AvgIpc) is 3.24. The molecule has 2 aromatic carbocycles. The molecule has 1 saturated heterocycles. The highest BCUT2D eigenvalue weighted by Crippen LogP contribution is 2.23. The Morgan fingerprint density at radius 3 is 2.48 bits per heavy atom. The molecular weight excluding hydrogens is 364 g/mol. The molecule has 1 fully saturated rings. The van der Waals surface area contributed by atoms with E-state index in [2.05, 4.69) is 35.2 Å². The van der Waals surface area contributed by atoms with Gasteiger partial charge in [0.1, 0.15) is 18.1 Å². The Kier molecular flexibility index (Phi) is 7.94. The van der Waals surface area contributed by atoms with Crippen LogP contribution in [0.4, 0.5) is 0 Å². The van der Waals surface area contributed by atoms with Gasteiger partial charge in [-0.05, 0) is 61.7 Å². The number of nitrogens with two attached hydrogens (primary N) is 1. The molecule has 2 aromatic rings. The van der Waals surface area contributed by atoms with Crippen LogP contribution in [0.5, 0.6) is 11.5 Å². The highest BCUT2D eigenvalue weighted by atomic mass is 16.5. The summed E-state index contributed by atoms with van der Waals surface area (Å²) in [5.74, 6) is 1.31. The van der Waals surface area contributed by atoms with Crippen molar-refractivity contribution in [2.75, 3.05) is 32.8 Å². The van der Waals surface area contributed by atoms with Crippen molar-refractivity contribution in [3.63, 3.8) is 0 Å². The van der Waals surface area contributed by atoms with Crippen LogP contribution in [0.2, 0.25) is 0 Å². The van der Waals surface area contributed by atoms with Gasteiger partial charge in [-0.25, -0.2) is 0 Å². The van der Waals surface area contributed by atoms with E-state index in [0.29, 0.717) is 13.0 Å². The van der Waals surface area contributed by atoms with Crippen molar-refractivity contribution in [2.24, 2.45) is 11.7 Å². The number of amides is 1. The molecule has 1 heterocycles. The minimum Gasteiger partial charge on any atom is -0.494 e. The molecule has 0 aromatic heterocycles. The van der Waals surface area contributed by atoms with Crippen molar-refractivity contribution in [3.8, 4) is 11.5 Å². The smallest absolute Gasteiger partial charge is 0.220 e. The standard InChI is InChI=1S/C24H32N2O3/c1-19(24(25)27)12-16-28-22-10-8-20(9-11-22)18-21-6-2-3-7-23(21)29-17-15-26-13-4-5-14-26/h2-3,6-11,19H,4-5,12-18H2,1H3,(H2,25,27). The number of carbonyl (C=O) groups is 1. The first-order valence-corrected chi connectivity index (χ1v) is 10.6. The first-order chi connectivity index (χ1) is 14.1. The molecule has 1 amide bonds. The molecule has 0 bridgehead atoms. The van der Waals surface area contributed by atoms with E-state index >= 15 is 0 Å². The summed E-state index contributed by atoms with van der Waals surface area (Å²) in [6, 6.07) is 16.4. The van der Waals surface area contributed by atoms with Crippen LogP contribution < -0.4 is 15.2 Å². The van der Waals surface area contributed by atoms with E-state index in [1.165, 1.54) is 37.1 Å². The summed E-state index contributed by atoms with van der Waals surface area (Å²) in [6.07, 6.45) is 4.05. The highest BCUT2D eigenvalue weighted by Gasteiger charge is 2.12. The SMILES string of the molecule is CC(CCOc1ccc(Cc2ccccc2OCCN2CCCC2)cc1)C(N)=O. The maximum Gasteiger partial charge on any atom is 0.220 e. The minimum absolute atomic E-state index is 0.170. The quantitative estimate of drug-likeness (QED) is 0.630. The van der Waals surface area contributed by atoms with Crippen LogP contribution in [-0.4, -0.2) is 43.7 Å². The third-order valence-corrected chi connectivity index (χ3v) is 5.46. The van der Waals surface area contributed by atoms with Crippen LogP contribution >= 0.6 is 0 Å². The first-order valence-electron chi connectivity index (χ1n) is 10.6. The average molecular weight is 397 g/mol. The Hall–Kier alpha value is -2.53. The molecule has 0 aliphatic carbocycles. The Morgan fingerprint density at radius 2 is 1.76 bits per heavy atom. The number of nitrogens with zero attached hydrogens (tertiary/aromatic N) is 1. The van der Waals surface area contributed by atoms with Crippen LogP contribution in [0.3, 0.4) is 0 Å². The topological polar surface area (TPSA) is 64.8 Å². The summed E-state index contributed by atoms with van der Waals surface area (Å²) in [4.78, 5) is 13.5. The molecule has 3 rings (SSSR count). The molecule has 1 aliphatic heterocycles. The molecule has 2 N–H and O–H groups in total. The number of hydrogen-bond donors (Lipinski definition) is 1. The normalized spacial score (nSPS) is 15.2. The molecule has 0 radical (unpaired) electrons. The molecule has 29 heavy (non-hydrogen) atoms. The van der Waals surface area contributed by atoms with Gasteiger partial charge in [0.2, 0.25) is 5.91 Å². The number of likely N-dealkylation sites (tertiary alicyclic amines) is 1. The van der Waals surface area contributed by atoms with E-state index in [9.17, 15) is 4.79 Å². The third-order valence-electron chi connectivity index (χ3n) is 5.46.